The van der Waals surface area contributed by atoms with Crippen molar-refractivity contribution in [1.29, 1.82) is 0 Å². The van der Waals surface area contributed by atoms with Gasteiger partial charge >= 0.3 is 5.97 Å². The molecule has 2 aromatic rings. The molecule has 0 fully saturated rings. The van der Waals surface area contributed by atoms with Crippen LogP contribution in [0.2, 0.25) is 0 Å². The van der Waals surface area contributed by atoms with Gasteiger partial charge in [-0.1, -0.05) is 36.9 Å². The van der Waals surface area contributed by atoms with Crippen LogP contribution in [0, 0.1) is 6.92 Å². The summed E-state index contributed by atoms with van der Waals surface area (Å²) in [7, 11) is 0. The van der Waals surface area contributed by atoms with Crippen molar-refractivity contribution in [3.8, 4) is 5.75 Å². The lowest BCUT2D eigenvalue weighted by Crippen LogP contribution is -2.08. The maximum Gasteiger partial charge on any atom is 0.333 e. The Morgan fingerprint density at radius 1 is 1.14 bits per heavy atom. The standard InChI is InChI=1S/C18H16O4/c1-3-17(19)22-12-21-15-9-10-16(13(2)11-15)18(20)14-7-5-4-6-8-14/h3-11H,1,12H2,2H3. The van der Waals surface area contributed by atoms with E-state index in [1.165, 1.54) is 0 Å². The second-order valence-corrected chi connectivity index (χ2v) is 4.60. The molecule has 0 unspecified atom stereocenters. The summed E-state index contributed by atoms with van der Waals surface area (Å²) in [6.07, 6.45) is 1.07. The lowest BCUT2D eigenvalue weighted by atomic mass is 9.99. The highest BCUT2D eigenvalue weighted by atomic mass is 16.7. The molecule has 0 aliphatic carbocycles. The quantitative estimate of drug-likeness (QED) is 0.355. The minimum absolute atomic E-state index is 0.0391. The Labute approximate surface area is 129 Å². The van der Waals surface area contributed by atoms with Crippen LogP contribution in [-0.4, -0.2) is 18.5 Å². The van der Waals surface area contributed by atoms with Crippen molar-refractivity contribution in [2.75, 3.05) is 6.79 Å². The van der Waals surface area contributed by atoms with Crippen LogP contribution in [0.25, 0.3) is 0 Å². The normalized spacial score (nSPS) is 9.86. The van der Waals surface area contributed by atoms with Gasteiger partial charge in [0.1, 0.15) is 5.75 Å². The number of benzene rings is 2. The smallest absolute Gasteiger partial charge is 0.333 e. The number of hydrogen-bond acceptors (Lipinski definition) is 4. The van der Waals surface area contributed by atoms with Crippen LogP contribution in [-0.2, 0) is 9.53 Å². The topological polar surface area (TPSA) is 52.6 Å². The maximum atomic E-state index is 12.4. The molecule has 0 aromatic heterocycles. The fourth-order valence-electron chi connectivity index (χ4n) is 1.94. The number of ketones is 1. The number of esters is 1. The highest BCUT2D eigenvalue weighted by Crippen LogP contribution is 2.20. The van der Waals surface area contributed by atoms with Crippen molar-refractivity contribution >= 4 is 11.8 Å². The average molecular weight is 296 g/mol. The van der Waals surface area contributed by atoms with E-state index in [-0.39, 0.29) is 12.6 Å². The second kappa shape index (κ2) is 7.22. The molecule has 0 radical (unpaired) electrons. The van der Waals surface area contributed by atoms with Crippen LogP contribution < -0.4 is 4.74 Å². The molecule has 4 nitrogen and oxygen atoms in total. The molecular formula is C18H16O4. The van der Waals surface area contributed by atoms with E-state index in [1.54, 1.807) is 30.3 Å². The number of hydrogen-bond donors (Lipinski definition) is 0. The van der Waals surface area contributed by atoms with Gasteiger partial charge in [-0.3, -0.25) is 4.79 Å². The molecule has 112 valence electrons. The molecule has 0 amide bonds. The highest BCUT2D eigenvalue weighted by molar-refractivity contribution is 6.09. The third-order valence-electron chi connectivity index (χ3n) is 3.07. The molecule has 0 N–H and O–H groups in total. The highest BCUT2D eigenvalue weighted by Gasteiger charge is 2.12. The van der Waals surface area contributed by atoms with E-state index in [1.807, 2.05) is 25.1 Å². The Hall–Kier alpha value is -2.88. The van der Waals surface area contributed by atoms with Crippen molar-refractivity contribution in [2.24, 2.45) is 0 Å². The first-order valence-corrected chi connectivity index (χ1v) is 6.74. The Morgan fingerprint density at radius 3 is 2.50 bits per heavy atom. The molecule has 2 rings (SSSR count). The molecule has 22 heavy (non-hydrogen) atoms. The van der Waals surface area contributed by atoms with Gasteiger partial charge in [-0.15, -0.1) is 0 Å². The molecule has 2 aromatic carbocycles. The van der Waals surface area contributed by atoms with E-state index in [0.29, 0.717) is 16.9 Å². The number of carbonyl (C=O) groups is 2. The summed E-state index contributed by atoms with van der Waals surface area (Å²) in [5.74, 6) is -0.0608. The first kappa shape index (κ1) is 15.5. The number of carbonyl (C=O) groups excluding carboxylic acids is 2. The van der Waals surface area contributed by atoms with Gasteiger partial charge in [0, 0.05) is 17.2 Å². The van der Waals surface area contributed by atoms with E-state index in [0.717, 1.165) is 11.6 Å². The Bertz CT molecular complexity index is 689. The van der Waals surface area contributed by atoms with Crippen LogP contribution in [0.5, 0.6) is 5.75 Å². The van der Waals surface area contributed by atoms with Gasteiger partial charge in [-0.2, -0.15) is 0 Å². The van der Waals surface area contributed by atoms with Gasteiger partial charge in [0.05, 0.1) is 0 Å². The van der Waals surface area contributed by atoms with Crippen molar-refractivity contribution in [3.05, 3.63) is 77.9 Å². The van der Waals surface area contributed by atoms with Gasteiger partial charge in [0.2, 0.25) is 6.79 Å². The predicted molar refractivity (Wildman–Crippen MR) is 82.8 cm³/mol. The lowest BCUT2D eigenvalue weighted by molar-refractivity contribution is -0.144. The number of aryl methyl sites for hydroxylation is 1. The predicted octanol–water partition coefficient (Wildman–Crippen LogP) is 3.29. The Kier molecular flexibility index (Phi) is 5.09. The zero-order valence-corrected chi connectivity index (χ0v) is 12.2. The van der Waals surface area contributed by atoms with E-state index in [4.69, 9.17) is 9.47 Å². The van der Waals surface area contributed by atoms with Crippen molar-refractivity contribution in [2.45, 2.75) is 6.92 Å². The van der Waals surface area contributed by atoms with Gasteiger partial charge in [-0.25, -0.2) is 4.79 Å². The van der Waals surface area contributed by atoms with E-state index in [2.05, 4.69) is 6.58 Å². The molecule has 0 atom stereocenters. The number of ether oxygens (including phenoxy) is 2. The largest absolute Gasteiger partial charge is 0.457 e. The lowest BCUT2D eigenvalue weighted by Gasteiger charge is -2.09. The molecular weight excluding hydrogens is 280 g/mol. The zero-order chi connectivity index (χ0) is 15.9. The third-order valence-corrected chi connectivity index (χ3v) is 3.07. The molecule has 0 aliphatic rings. The van der Waals surface area contributed by atoms with Gasteiger partial charge in [0.25, 0.3) is 0 Å². The summed E-state index contributed by atoms with van der Waals surface area (Å²) in [4.78, 5) is 23.3. The van der Waals surface area contributed by atoms with E-state index < -0.39 is 5.97 Å². The van der Waals surface area contributed by atoms with E-state index in [9.17, 15) is 9.59 Å². The molecule has 0 bridgehead atoms. The van der Waals surface area contributed by atoms with Crippen LogP contribution in [0.1, 0.15) is 21.5 Å². The Morgan fingerprint density at radius 2 is 1.86 bits per heavy atom. The zero-order valence-electron chi connectivity index (χ0n) is 12.2. The molecule has 4 heteroatoms. The van der Waals surface area contributed by atoms with Crippen LogP contribution >= 0.6 is 0 Å². The minimum Gasteiger partial charge on any atom is -0.457 e. The fourth-order valence-corrected chi connectivity index (χ4v) is 1.94. The maximum absolute atomic E-state index is 12.4. The van der Waals surface area contributed by atoms with Gasteiger partial charge in [0.15, 0.2) is 5.78 Å². The number of rotatable bonds is 6. The van der Waals surface area contributed by atoms with Gasteiger partial charge < -0.3 is 9.47 Å². The first-order chi connectivity index (χ1) is 10.6. The van der Waals surface area contributed by atoms with Crippen LogP contribution in [0.3, 0.4) is 0 Å². The minimum atomic E-state index is -0.549. The second-order valence-electron chi connectivity index (χ2n) is 4.60. The molecule has 0 aliphatic heterocycles. The fraction of sp³-hybridized carbons (Fsp3) is 0.111. The summed E-state index contributed by atoms with van der Waals surface area (Å²) in [5.41, 5.74) is 2.04. The molecule has 0 saturated heterocycles. The van der Waals surface area contributed by atoms with Crippen molar-refractivity contribution in [3.63, 3.8) is 0 Å². The Balaban J connectivity index is 2.08. The summed E-state index contributed by atoms with van der Waals surface area (Å²) >= 11 is 0. The average Bonchev–Trinajstić information content (AvgIpc) is 2.55. The summed E-state index contributed by atoms with van der Waals surface area (Å²) in [6.45, 7) is 4.93. The molecule has 0 saturated carbocycles. The first-order valence-electron chi connectivity index (χ1n) is 6.74. The van der Waals surface area contributed by atoms with E-state index >= 15 is 0 Å². The van der Waals surface area contributed by atoms with Gasteiger partial charge in [-0.05, 0) is 30.7 Å². The molecule has 0 heterocycles. The molecule has 0 spiro atoms. The van der Waals surface area contributed by atoms with Crippen LogP contribution in [0.15, 0.2) is 61.2 Å². The van der Waals surface area contributed by atoms with Crippen molar-refractivity contribution < 1.29 is 19.1 Å². The summed E-state index contributed by atoms with van der Waals surface area (Å²) in [5, 5.41) is 0. The van der Waals surface area contributed by atoms with Crippen molar-refractivity contribution in [1.82, 2.24) is 0 Å². The third kappa shape index (κ3) is 3.82. The monoisotopic (exact) mass is 296 g/mol. The summed E-state index contributed by atoms with van der Waals surface area (Å²) in [6, 6.07) is 14.2. The van der Waals surface area contributed by atoms with Crippen LogP contribution in [0.4, 0.5) is 0 Å². The SMILES string of the molecule is C=CC(=O)OCOc1ccc(C(=O)c2ccccc2)c(C)c1. The summed E-state index contributed by atoms with van der Waals surface area (Å²) < 4.78 is 10.0.